The van der Waals surface area contributed by atoms with Gasteiger partial charge in [0.1, 0.15) is 5.75 Å². The van der Waals surface area contributed by atoms with Gasteiger partial charge in [0, 0.05) is 17.8 Å². The zero-order valence-corrected chi connectivity index (χ0v) is 18.9. The number of nitro benzene ring substituents is 1. The Morgan fingerprint density at radius 2 is 1.54 bits per heavy atom. The summed E-state index contributed by atoms with van der Waals surface area (Å²) in [4.78, 5) is 46.3. The molecule has 190 valence electrons. The highest BCUT2D eigenvalue weighted by molar-refractivity contribution is 6.39. The third-order valence-corrected chi connectivity index (χ3v) is 4.78. The SMILES string of the molecule is C/C(=N\NC(=O)C(=O)Nc1cccc(C(F)(F)F)c1)c1ccc(OC(=O)c2ccc([N+](=O)[O-])cc2)cc1. The molecule has 0 atom stereocenters. The van der Waals surface area contributed by atoms with Crippen molar-refractivity contribution in [3.8, 4) is 5.75 Å². The Labute approximate surface area is 206 Å². The van der Waals surface area contributed by atoms with Gasteiger partial charge in [-0.25, -0.2) is 10.2 Å². The number of anilines is 1. The minimum atomic E-state index is -4.61. The van der Waals surface area contributed by atoms with Crippen LogP contribution in [0.2, 0.25) is 0 Å². The normalized spacial score (nSPS) is 11.4. The highest BCUT2D eigenvalue weighted by Crippen LogP contribution is 2.30. The number of ether oxygens (including phenoxy) is 1. The Hall–Kier alpha value is -5.07. The Bertz CT molecular complexity index is 1370. The molecule has 0 aliphatic rings. The van der Waals surface area contributed by atoms with Crippen molar-refractivity contribution in [2.24, 2.45) is 5.10 Å². The minimum Gasteiger partial charge on any atom is -0.423 e. The molecule has 0 unspecified atom stereocenters. The molecule has 0 heterocycles. The van der Waals surface area contributed by atoms with Gasteiger partial charge < -0.3 is 10.1 Å². The molecule has 0 bridgehead atoms. The van der Waals surface area contributed by atoms with Crippen LogP contribution in [0.5, 0.6) is 5.75 Å². The molecule has 0 fully saturated rings. The summed E-state index contributed by atoms with van der Waals surface area (Å²) in [5.74, 6) is -2.98. The molecule has 3 aromatic rings. The van der Waals surface area contributed by atoms with E-state index in [1.54, 1.807) is 0 Å². The van der Waals surface area contributed by atoms with Crippen molar-refractivity contribution in [1.82, 2.24) is 5.43 Å². The summed E-state index contributed by atoms with van der Waals surface area (Å²) in [6.07, 6.45) is -4.61. The standard InChI is InChI=1S/C24H17F3N4O6/c1-14(29-30-22(33)21(32)28-18-4-2-3-17(13-18)24(25,26)27)15-7-11-20(12-8-15)37-23(34)16-5-9-19(10-6-16)31(35)36/h2-13H,1H3,(H,28,32)(H,30,33)/b29-14+. The maximum Gasteiger partial charge on any atom is 0.416 e. The van der Waals surface area contributed by atoms with E-state index in [9.17, 15) is 37.7 Å². The molecule has 0 aliphatic heterocycles. The van der Waals surface area contributed by atoms with E-state index in [4.69, 9.17) is 4.74 Å². The molecule has 0 radical (unpaired) electrons. The lowest BCUT2D eigenvalue weighted by Gasteiger charge is -2.09. The van der Waals surface area contributed by atoms with Crippen molar-refractivity contribution in [1.29, 1.82) is 0 Å². The summed E-state index contributed by atoms with van der Waals surface area (Å²) < 4.78 is 43.6. The lowest BCUT2D eigenvalue weighted by atomic mass is 10.1. The lowest BCUT2D eigenvalue weighted by Crippen LogP contribution is -2.33. The molecular formula is C24H17F3N4O6. The largest absolute Gasteiger partial charge is 0.423 e. The molecule has 10 nitrogen and oxygen atoms in total. The molecule has 0 saturated carbocycles. The zero-order valence-electron chi connectivity index (χ0n) is 18.9. The van der Waals surface area contributed by atoms with Crippen LogP contribution < -0.4 is 15.5 Å². The van der Waals surface area contributed by atoms with Gasteiger partial charge in [0.15, 0.2) is 0 Å². The highest BCUT2D eigenvalue weighted by Gasteiger charge is 2.30. The Kier molecular flexibility index (Phi) is 7.97. The molecule has 0 aliphatic carbocycles. The van der Waals surface area contributed by atoms with Crippen molar-refractivity contribution < 1.29 is 37.2 Å². The summed E-state index contributed by atoms with van der Waals surface area (Å²) in [7, 11) is 0. The van der Waals surface area contributed by atoms with Gasteiger partial charge in [-0.05, 0) is 67.1 Å². The number of nitro groups is 1. The number of non-ortho nitro benzene ring substituents is 1. The summed E-state index contributed by atoms with van der Waals surface area (Å²) in [6, 6.07) is 14.6. The molecule has 37 heavy (non-hydrogen) atoms. The van der Waals surface area contributed by atoms with Crippen molar-refractivity contribution in [3.05, 3.63) is 99.6 Å². The van der Waals surface area contributed by atoms with Crippen LogP contribution in [0.4, 0.5) is 24.5 Å². The van der Waals surface area contributed by atoms with Crippen molar-refractivity contribution in [2.45, 2.75) is 13.1 Å². The predicted octanol–water partition coefficient (Wildman–Crippen LogP) is 4.31. The van der Waals surface area contributed by atoms with Crippen LogP contribution in [-0.2, 0) is 15.8 Å². The van der Waals surface area contributed by atoms with Gasteiger partial charge in [-0.3, -0.25) is 19.7 Å². The number of nitrogens with one attached hydrogen (secondary N) is 2. The fraction of sp³-hybridized carbons (Fsp3) is 0.0833. The minimum absolute atomic E-state index is 0.110. The molecule has 3 aromatic carbocycles. The second kappa shape index (κ2) is 11.1. The molecule has 0 saturated heterocycles. The number of hydrogen-bond donors (Lipinski definition) is 2. The van der Waals surface area contributed by atoms with Crippen molar-refractivity contribution >= 4 is 34.9 Å². The lowest BCUT2D eigenvalue weighted by molar-refractivity contribution is -0.384. The average molecular weight is 514 g/mol. The second-order valence-electron chi connectivity index (χ2n) is 7.39. The van der Waals surface area contributed by atoms with Gasteiger partial charge in [-0.2, -0.15) is 18.3 Å². The highest BCUT2D eigenvalue weighted by atomic mass is 19.4. The van der Waals surface area contributed by atoms with E-state index in [-0.39, 0.29) is 28.4 Å². The number of hydrogen-bond acceptors (Lipinski definition) is 7. The van der Waals surface area contributed by atoms with Crippen molar-refractivity contribution in [3.63, 3.8) is 0 Å². The van der Waals surface area contributed by atoms with Crippen LogP contribution in [0, 0.1) is 10.1 Å². The van der Waals surface area contributed by atoms with E-state index >= 15 is 0 Å². The Balaban J connectivity index is 1.57. The number of hydrazone groups is 1. The maximum atomic E-state index is 12.8. The van der Waals surface area contributed by atoms with E-state index in [1.807, 2.05) is 5.43 Å². The van der Waals surface area contributed by atoms with Gasteiger partial charge in [0.2, 0.25) is 0 Å². The third kappa shape index (κ3) is 7.21. The van der Waals surface area contributed by atoms with Crippen LogP contribution in [0.25, 0.3) is 0 Å². The fourth-order valence-corrected chi connectivity index (χ4v) is 2.86. The number of carbonyl (C=O) groups excluding carboxylic acids is 3. The Morgan fingerprint density at radius 3 is 2.14 bits per heavy atom. The smallest absolute Gasteiger partial charge is 0.416 e. The van der Waals surface area contributed by atoms with E-state index in [0.717, 1.165) is 12.1 Å². The topological polar surface area (TPSA) is 140 Å². The predicted molar refractivity (Wildman–Crippen MR) is 125 cm³/mol. The number of esters is 1. The number of benzene rings is 3. The summed E-state index contributed by atoms with van der Waals surface area (Å²) in [5, 5.41) is 16.5. The first kappa shape index (κ1) is 26.5. The van der Waals surface area contributed by atoms with Gasteiger partial charge in [0.05, 0.1) is 21.8 Å². The van der Waals surface area contributed by atoms with Crippen LogP contribution in [-0.4, -0.2) is 28.4 Å². The van der Waals surface area contributed by atoms with E-state index in [0.29, 0.717) is 11.6 Å². The first-order chi connectivity index (χ1) is 17.4. The first-order valence-electron chi connectivity index (χ1n) is 10.3. The fourth-order valence-electron chi connectivity index (χ4n) is 2.86. The number of alkyl halides is 3. The number of amides is 2. The van der Waals surface area contributed by atoms with Crippen molar-refractivity contribution in [2.75, 3.05) is 5.32 Å². The third-order valence-electron chi connectivity index (χ3n) is 4.78. The summed E-state index contributed by atoms with van der Waals surface area (Å²) >= 11 is 0. The molecule has 13 heteroatoms. The zero-order chi connectivity index (χ0) is 27.2. The summed E-state index contributed by atoms with van der Waals surface area (Å²) in [5.41, 5.74) is 1.52. The second-order valence-corrected chi connectivity index (χ2v) is 7.39. The Morgan fingerprint density at radius 1 is 0.919 bits per heavy atom. The molecule has 3 rings (SSSR count). The molecular weight excluding hydrogens is 497 g/mol. The van der Waals surface area contributed by atoms with Gasteiger partial charge >= 0.3 is 24.0 Å². The number of rotatable bonds is 6. The monoisotopic (exact) mass is 514 g/mol. The van der Waals surface area contributed by atoms with Gasteiger partial charge in [-0.15, -0.1) is 0 Å². The van der Waals surface area contributed by atoms with E-state index in [2.05, 4.69) is 10.4 Å². The first-order valence-corrected chi connectivity index (χ1v) is 10.3. The quantitative estimate of drug-likeness (QED) is 0.125. The van der Waals surface area contributed by atoms with Gasteiger partial charge in [-0.1, -0.05) is 6.07 Å². The number of carbonyl (C=O) groups is 3. The maximum absolute atomic E-state index is 12.8. The van der Waals surface area contributed by atoms with Crippen LogP contribution >= 0.6 is 0 Å². The summed E-state index contributed by atoms with van der Waals surface area (Å²) in [6.45, 7) is 1.52. The van der Waals surface area contributed by atoms with Crippen LogP contribution in [0.15, 0.2) is 77.9 Å². The molecule has 2 N–H and O–H groups in total. The number of halogens is 3. The molecule has 2 amide bonds. The number of nitrogens with zero attached hydrogens (tertiary/aromatic N) is 2. The van der Waals surface area contributed by atoms with Crippen LogP contribution in [0.1, 0.15) is 28.4 Å². The van der Waals surface area contributed by atoms with E-state index in [1.165, 1.54) is 61.5 Å². The molecule has 0 spiro atoms. The van der Waals surface area contributed by atoms with E-state index < -0.39 is 34.4 Å². The molecule has 0 aromatic heterocycles. The average Bonchev–Trinajstić information content (AvgIpc) is 2.87. The van der Waals surface area contributed by atoms with Crippen LogP contribution in [0.3, 0.4) is 0 Å². The van der Waals surface area contributed by atoms with Gasteiger partial charge in [0.25, 0.3) is 5.69 Å².